The van der Waals surface area contributed by atoms with E-state index in [2.05, 4.69) is 5.32 Å². The normalized spacial score (nSPS) is 11.7. The van der Waals surface area contributed by atoms with E-state index in [1.165, 1.54) is 0 Å². The van der Waals surface area contributed by atoms with Crippen molar-refractivity contribution in [2.24, 2.45) is 0 Å². The largest absolute Gasteiger partial charge is 0.357 e. The summed E-state index contributed by atoms with van der Waals surface area (Å²) >= 11 is -0.440. The first-order valence-corrected chi connectivity index (χ1v) is 5.46. The molecule has 1 aromatic carbocycles. The summed E-state index contributed by atoms with van der Waals surface area (Å²) in [6, 6.07) is 2.71. The molecular formula is C10H8F5NOS. The molecule has 100 valence electrons. The van der Waals surface area contributed by atoms with E-state index in [9.17, 15) is 26.7 Å². The Kier molecular flexibility index (Phi) is 4.55. The highest BCUT2D eigenvalue weighted by Crippen LogP contribution is 2.41. The summed E-state index contributed by atoms with van der Waals surface area (Å²) in [4.78, 5) is 10.3. The van der Waals surface area contributed by atoms with E-state index >= 15 is 0 Å². The van der Waals surface area contributed by atoms with E-state index in [0.717, 1.165) is 19.1 Å². The Bertz CT molecular complexity index is 452. The van der Waals surface area contributed by atoms with Crippen LogP contribution in [0.1, 0.15) is 6.92 Å². The van der Waals surface area contributed by atoms with Gasteiger partial charge in [0.1, 0.15) is 5.82 Å². The number of alkyl halides is 4. The zero-order chi connectivity index (χ0) is 13.9. The number of rotatable bonds is 4. The first kappa shape index (κ1) is 14.7. The van der Waals surface area contributed by atoms with Gasteiger partial charge >= 0.3 is 11.7 Å². The van der Waals surface area contributed by atoms with Crippen LogP contribution >= 0.6 is 11.8 Å². The third-order valence-corrected chi connectivity index (χ3v) is 2.70. The summed E-state index contributed by atoms with van der Waals surface area (Å²) in [6.45, 7) is 1.15. The average Bonchev–Trinajstić information content (AvgIpc) is 2.21. The molecular weight excluding hydrogens is 277 g/mol. The minimum atomic E-state index is -4.29. The molecule has 0 aliphatic heterocycles. The predicted molar refractivity (Wildman–Crippen MR) is 57.5 cm³/mol. The van der Waals surface area contributed by atoms with Crippen molar-refractivity contribution in [1.29, 1.82) is 0 Å². The molecule has 1 amide bonds. The number of carbonyl (C=O) groups is 1. The van der Waals surface area contributed by atoms with Crippen LogP contribution in [0.2, 0.25) is 0 Å². The van der Waals surface area contributed by atoms with Crippen LogP contribution in [0.3, 0.4) is 0 Å². The molecule has 0 aliphatic carbocycles. The van der Waals surface area contributed by atoms with Gasteiger partial charge in [0.15, 0.2) is 0 Å². The van der Waals surface area contributed by atoms with Crippen LogP contribution in [0.4, 0.5) is 27.6 Å². The monoisotopic (exact) mass is 285 g/mol. The topological polar surface area (TPSA) is 29.1 Å². The van der Waals surface area contributed by atoms with E-state index in [4.69, 9.17) is 0 Å². The molecule has 0 aliphatic rings. The molecule has 0 heterocycles. The van der Waals surface area contributed by atoms with Gasteiger partial charge in [-0.1, -0.05) is 0 Å². The van der Waals surface area contributed by atoms with Gasteiger partial charge < -0.3 is 5.32 Å². The summed E-state index contributed by atoms with van der Waals surface area (Å²) in [5.41, 5.74) is -0.202. The van der Waals surface area contributed by atoms with Gasteiger partial charge in [-0.3, -0.25) is 4.79 Å². The second-order valence-electron chi connectivity index (χ2n) is 3.29. The molecule has 1 aromatic rings. The molecule has 0 saturated heterocycles. The SMILES string of the molecule is CC(=O)Nc1ccc(SC(F)(F)C(F)F)cc1F. The number of carbonyl (C=O) groups excluding carboxylic acids is 1. The number of amides is 1. The van der Waals surface area contributed by atoms with Crippen molar-refractivity contribution in [3.63, 3.8) is 0 Å². The Morgan fingerprint density at radius 3 is 2.44 bits per heavy atom. The standard InChI is InChI=1S/C10H8F5NOS/c1-5(17)16-8-3-2-6(4-7(8)11)18-10(14,15)9(12)13/h2-4,9H,1H3,(H,16,17). The lowest BCUT2D eigenvalue weighted by atomic mass is 10.3. The number of thioether (sulfide) groups is 1. The Labute approximate surface area is 104 Å². The molecule has 18 heavy (non-hydrogen) atoms. The third-order valence-electron chi connectivity index (χ3n) is 1.76. The average molecular weight is 285 g/mol. The van der Waals surface area contributed by atoms with Crippen molar-refractivity contribution >= 4 is 23.4 Å². The van der Waals surface area contributed by atoms with Gasteiger partial charge in [-0.2, -0.15) is 8.78 Å². The molecule has 0 saturated carbocycles. The highest BCUT2D eigenvalue weighted by atomic mass is 32.2. The van der Waals surface area contributed by atoms with Crippen LogP contribution in [0.15, 0.2) is 23.1 Å². The zero-order valence-electron chi connectivity index (χ0n) is 9.02. The molecule has 0 radical (unpaired) electrons. The lowest BCUT2D eigenvalue weighted by Gasteiger charge is -2.14. The number of anilines is 1. The van der Waals surface area contributed by atoms with Gasteiger partial charge in [-0.05, 0) is 30.0 Å². The van der Waals surface area contributed by atoms with Crippen molar-refractivity contribution in [3.05, 3.63) is 24.0 Å². The molecule has 1 rings (SSSR count). The highest BCUT2D eigenvalue weighted by Gasteiger charge is 2.42. The van der Waals surface area contributed by atoms with Crippen LogP contribution in [0.25, 0.3) is 0 Å². The molecule has 0 unspecified atom stereocenters. The summed E-state index contributed by atoms with van der Waals surface area (Å²) in [5, 5.41) is -2.16. The molecule has 8 heteroatoms. The molecule has 0 fully saturated rings. The van der Waals surface area contributed by atoms with Crippen LogP contribution in [-0.4, -0.2) is 17.6 Å². The van der Waals surface area contributed by atoms with E-state index in [1.54, 1.807) is 0 Å². The Morgan fingerprint density at radius 1 is 1.39 bits per heavy atom. The first-order valence-electron chi connectivity index (χ1n) is 4.64. The Balaban J connectivity index is 2.88. The maximum absolute atomic E-state index is 13.3. The lowest BCUT2D eigenvalue weighted by Crippen LogP contribution is -2.21. The number of benzene rings is 1. The smallest absolute Gasteiger partial charge is 0.324 e. The fourth-order valence-corrected chi connectivity index (χ4v) is 1.75. The van der Waals surface area contributed by atoms with Gasteiger partial charge in [-0.25, -0.2) is 13.2 Å². The number of hydrogen-bond donors (Lipinski definition) is 1. The lowest BCUT2D eigenvalue weighted by molar-refractivity contribution is -0.114. The molecule has 0 spiro atoms. The minimum Gasteiger partial charge on any atom is -0.324 e. The van der Waals surface area contributed by atoms with Crippen LogP contribution in [0.5, 0.6) is 0 Å². The van der Waals surface area contributed by atoms with Crippen molar-refractivity contribution in [2.75, 3.05) is 5.32 Å². The number of nitrogens with one attached hydrogen (secondary N) is 1. The van der Waals surface area contributed by atoms with E-state index in [0.29, 0.717) is 6.07 Å². The molecule has 2 nitrogen and oxygen atoms in total. The van der Waals surface area contributed by atoms with E-state index < -0.39 is 35.2 Å². The van der Waals surface area contributed by atoms with Crippen molar-refractivity contribution < 1.29 is 26.7 Å². The summed E-state index contributed by atoms with van der Waals surface area (Å²) in [6.07, 6.45) is -3.85. The fraction of sp³-hybridized carbons (Fsp3) is 0.300. The zero-order valence-corrected chi connectivity index (χ0v) is 9.83. The Hall–Kier alpha value is -1.31. The van der Waals surface area contributed by atoms with Gasteiger partial charge in [-0.15, -0.1) is 0 Å². The highest BCUT2D eigenvalue weighted by molar-refractivity contribution is 8.00. The van der Waals surface area contributed by atoms with Gasteiger partial charge in [0.2, 0.25) is 5.91 Å². The van der Waals surface area contributed by atoms with Crippen LogP contribution in [0, 0.1) is 5.82 Å². The number of hydrogen-bond acceptors (Lipinski definition) is 2. The summed E-state index contributed by atoms with van der Waals surface area (Å²) in [7, 11) is 0. The van der Waals surface area contributed by atoms with Crippen LogP contribution in [-0.2, 0) is 4.79 Å². The third kappa shape index (κ3) is 3.86. The van der Waals surface area contributed by atoms with E-state index in [1.807, 2.05) is 0 Å². The molecule has 0 aromatic heterocycles. The summed E-state index contributed by atoms with van der Waals surface area (Å²) < 4.78 is 62.6. The maximum Gasteiger partial charge on any atom is 0.357 e. The second-order valence-corrected chi connectivity index (χ2v) is 4.51. The number of halogens is 5. The van der Waals surface area contributed by atoms with Gasteiger partial charge in [0.25, 0.3) is 0 Å². The first-order chi connectivity index (χ1) is 8.22. The van der Waals surface area contributed by atoms with E-state index in [-0.39, 0.29) is 10.6 Å². The quantitative estimate of drug-likeness (QED) is 0.674. The van der Waals surface area contributed by atoms with Crippen molar-refractivity contribution in [3.8, 4) is 0 Å². The second kappa shape index (κ2) is 5.55. The van der Waals surface area contributed by atoms with Gasteiger partial charge in [0.05, 0.1) is 5.69 Å². The molecule has 1 N–H and O–H groups in total. The van der Waals surface area contributed by atoms with Crippen molar-refractivity contribution in [2.45, 2.75) is 23.5 Å². The predicted octanol–water partition coefficient (Wildman–Crippen LogP) is 3.73. The van der Waals surface area contributed by atoms with Crippen LogP contribution < -0.4 is 5.32 Å². The minimum absolute atomic E-state index is 0.202. The van der Waals surface area contributed by atoms with Gasteiger partial charge in [0, 0.05) is 11.8 Å². The fourth-order valence-electron chi connectivity index (χ4n) is 1.05. The molecule has 0 bridgehead atoms. The molecule has 0 atom stereocenters. The summed E-state index contributed by atoms with van der Waals surface area (Å²) in [5.74, 6) is -1.51. The van der Waals surface area contributed by atoms with Crippen molar-refractivity contribution in [1.82, 2.24) is 0 Å². The Morgan fingerprint density at radius 2 is 2.00 bits per heavy atom. The maximum atomic E-state index is 13.3.